The van der Waals surface area contributed by atoms with Crippen molar-refractivity contribution in [1.82, 2.24) is 0 Å². The van der Waals surface area contributed by atoms with Crippen molar-refractivity contribution < 1.29 is 24.4 Å². The first-order valence-electron chi connectivity index (χ1n) is 11.3. The van der Waals surface area contributed by atoms with Crippen molar-refractivity contribution in [1.29, 1.82) is 0 Å². The third-order valence-electron chi connectivity index (χ3n) is 6.08. The van der Waals surface area contributed by atoms with Crippen molar-refractivity contribution in [2.24, 2.45) is 0 Å². The van der Waals surface area contributed by atoms with Gasteiger partial charge in [0, 0.05) is 5.56 Å². The Balaban J connectivity index is 1.57. The third-order valence-corrected chi connectivity index (χ3v) is 6.08. The Morgan fingerprint density at radius 3 is 2.15 bits per heavy atom. The number of rotatable bonds is 1. The van der Waals surface area contributed by atoms with E-state index in [2.05, 4.69) is 6.07 Å². The van der Waals surface area contributed by atoms with Crippen LogP contribution in [-0.2, 0) is 25.7 Å². The Hall–Kier alpha value is -4.12. The zero-order chi connectivity index (χ0) is 23.5. The van der Waals surface area contributed by atoms with Crippen LogP contribution in [0.2, 0.25) is 0 Å². The Bertz CT molecular complexity index is 1310. The topological polar surface area (TPSA) is 68.2 Å². The number of benzene rings is 4. The maximum atomic E-state index is 10.6. The van der Waals surface area contributed by atoms with Crippen LogP contribution >= 0.6 is 0 Å². The minimum absolute atomic E-state index is 0.0796. The molecule has 0 aromatic heterocycles. The Morgan fingerprint density at radius 1 is 0.647 bits per heavy atom. The maximum absolute atomic E-state index is 10.6. The second-order valence-electron chi connectivity index (χ2n) is 8.39. The van der Waals surface area contributed by atoms with Gasteiger partial charge in [-0.15, -0.1) is 0 Å². The van der Waals surface area contributed by atoms with Gasteiger partial charge in [-0.2, -0.15) is 0 Å². The lowest BCUT2D eigenvalue weighted by atomic mass is 10.0. The summed E-state index contributed by atoms with van der Waals surface area (Å²) in [7, 11) is 1.62. The van der Waals surface area contributed by atoms with Gasteiger partial charge in [0.15, 0.2) is 23.0 Å². The van der Waals surface area contributed by atoms with Gasteiger partial charge in [0.25, 0.3) is 0 Å². The van der Waals surface area contributed by atoms with Gasteiger partial charge in [-0.3, -0.25) is 0 Å². The van der Waals surface area contributed by atoms with Crippen molar-refractivity contribution >= 4 is 0 Å². The lowest BCUT2D eigenvalue weighted by Crippen LogP contribution is -2.00. The molecule has 0 spiro atoms. The van der Waals surface area contributed by atoms with Crippen LogP contribution in [0.15, 0.2) is 78.9 Å². The van der Waals surface area contributed by atoms with Crippen LogP contribution in [0.4, 0.5) is 0 Å². The summed E-state index contributed by atoms with van der Waals surface area (Å²) < 4.78 is 17.8. The minimum atomic E-state index is 0.0796. The number of phenolic OH excluding ortho intramolecular Hbond substituents is 2. The quantitative estimate of drug-likeness (QED) is 0.340. The van der Waals surface area contributed by atoms with Crippen LogP contribution in [-0.4, -0.2) is 17.3 Å². The largest absolute Gasteiger partial charge is 0.504 e. The SMILES string of the molecule is COc1ccc(O)c2c1CCc1ccc(cc1)Oc1cc(ccc1O)CCc1cccc(c1)O2. The lowest BCUT2D eigenvalue weighted by molar-refractivity contribution is 0.383. The van der Waals surface area contributed by atoms with E-state index in [1.54, 1.807) is 25.3 Å². The number of phenols is 2. The average Bonchev–Trinajstić information content (AvgIpc) is 2.85. The highest BCUT2D eigenvalue weighted by atomic mass is 16.5. The zero-order valence-electron chi connectivity index (χ0n) is 19.0. The van der Waals surface area contributed by atoms with E-state index in [0.717, 1.165) is 41.5 Å². The maximum Gasteiger partial charge on any atom is 0.175 e. The first-order chi connectivity index (χ1) is 16.6. The first kappa shape index (κ1) is 21.7. The van der Waals surface area contributed by atoms with Gasteiger partial charge >= 0.3 is 0 Å². The summed E-state index contributed by atoms with van der Waals surface area (Å²) in [5.41, 5.74) is 4.08. The fourth-order valence-corrected chi connectivity index (χ4v) is 4.23. The van der Waals surface area contributed by atoms with Gasteiger partial charge in [0.05, 0.1) is 7.11 Å². The number of aromatic hydroxyl groups is 2. The second kappa shape index (κ2) is 9.40. The highest BCUT2D eigenvalue weighted by Crippen LogP contribution is 2.41. The van der Waals surface area contributed by atoms with Gasteiger partial charge < -0.3 is 24.4 Å². The van der Waals surface area contributed by atoms with E-state index in [4.69, 9.17) is 14.2 Å². The van der Waals surface area contributed by atoms with Crippen molar-refractivity contribution in [3.8, 4) is 40.2 Å². The molecule has 5 nitrogen and oxygen atoms in total. The molecular formula is C29H26O5. The summed E-state index contributed by atoms with van der Waals surface area (Å²) in [6, 6.07) is 24.5. The molecule has 0 saturated carbocycles. The molecule has 2 aliphatic rings. The number of ether oxygens (including phenoxy) is 3. The van der Waals surface area contributed by atoms with E-state index >= 15 is 0 Å². The summed E-state index contributed by atoms with van der Waals surface area (Å²) >= 11 is 0. The van der Waals surface area contributed by atoms with Gasteiger partial charge in [0.2, 0.25) is 0 Å². The van der Waals surface area contributed by atoms with E-state index in [-0.39, 0.29) is 11.5 Å². The van der Waals surface area contributed by atoms with Crippen LogP contribution in [0.1, 0.15) is 22.3 Å². The first-order valence-corrected chi connectivity index (χ1v) is 11.3. The summed E-state index contributed by atoms with van der Waals surface area (Å²) in [4.78, 5) is 0. The number of hydrogen-bond donors (Lipinski definition) is 2. The van der Waals surface area contributed by atoms with Gasteiger partial charge in [0.1, 0.15) is 17.2 Å². The monoisotopic (exact) mass is 454 g/mol. The highest BCUT2D eigenvalue weighted by Gasteiger charge is 2.17. The molecule has 5 heteroatoms. The average molecular weight is 455 g/mol. The van der Waals surface area contributed by atoms with Gasteiger partial charge in [-0.05, 0) is 90.9 Å². The van der Waals surface area contributed by atoms with Crippen LogP contribution in [0.25, 0.3) is 0 Å². The molecule has 4 aromatic rings. The Kier molecular flexibility index (Phi) is 6.00. The predicted molar refractivity (Wildman–Crippen MR) is 131 cm³/mol. The molecule has 0 fully saturated rings. The van der Waals surface area contributed by atoms with Crippen molar-refractivity contribution in [2.45, 2.75) is 25.7 Å². The molecule has 0 aliphatic carbocycles. The van der Waals surface area contributed by atoms with Crippen LogP contribution in [0.5, 0.6) is 40.2 Å². The summed E-state index contributed by atoms with van der Waals surface area (Å²) in [6.45, 7) is 0. The smallest absolute Gasteiger partial charge is 0.175 e. The van der Waals surface area contributed by atoms with E-state index in [0.29, 0.717) is 35.2 Å². The van der Waals surface area contributed by atoms with E-state index in [9.17, 15) is 10.2 Å². The number of methoxy groups -OCH3 is 1. The van der Waals surface area contributed by atoms with Crippen LogP contribution in [0.3, 0.4) is 0 Å². The molecule has 6 rings (SSSR count). The Morgan fingerprint density at radius 2 is 1.35 bits per heavy atom. The van der Waals surface area contributed by atoms with Crippen molar-refractivity contribution in [3.05, 3.63) is 101 Å². The molecule has 34 heavy (non-hydrogen) atoms. The summed E-state index contributed by atoms with van der Waals surface area (Å²) in [5.74, 6) is 3.04. The molecule has 0 atom stereocenters. The molecule has 2 aliphatic heterocycles. The number of aryl methyl sites for hydroxylation is 3. The number of hydrogen-bond acceptors (Lipinski definition) is 5. The molecule has 0 amide bonds. The van der Waals surface area contributed by atoms with Crippen LogP contribution in [0, 0.1) is 0 Å². The Labute approximate surface area is 198 Å². The van der Waals surface area contributed by atoms with Crippen molar-refractivity contribution in [2.75, 3.05) is 7.11 Å². The fraction of sp³-hybridized carbons (Fsp3) is 0.172. The number of fused-ring (bicyclic) bond motifs is 4. The summed E-state index contributed by atoms with van der Waals surface area (Å²) in [5, 5.41) is 20.9. The molecular weight excluding hydrogens is 428 g/mol. The fourth-order valence-electron chi connectivity index (χ4n) is 4.23. The standard InChI is InChI=1S/C29H26O5/c1-32-27-16-15-26(31)29-24(27)13-9-19-7-11-22(12-8-19)33-28-18-21(10-14-25(28)30)6-5-20-3-2-4-23(17-20)34-29/h2-4,7-8,10-12,14-18,30-31H,5-6,9,13H2,1H3. The van der Waals surface area contributed by atoms with Crippen molar-refractivity contribution in [3.63, 3.8) is 0 Å². The van der Waals surface area contributed by atoms with Gasteiger partial charge in [-0.25, -0.2) is 0 Å². The molecule has 172 valence electrons. The normalized spacial score (nSPS) is 13.1. The third kappa shape index (κ3) is 4.64. The molecule has 0 radical (unpaired) electrons. The van der Waals surface area contributed by atoms with E-state index < -0.39 is 0 Å². The lowest BCUT2D eigenvalue weighted by Gasteiger charge is -2.17. The van der Waals surface area contributed by atoms with Crippen LogP contribution < -0.4 is 14.2 Å². The predicted octanol–water partition coefficient (Wildman–Crippen LogP) is 6.57. The molecule has 0 unspecified atom stereocenters. The van der Waals surface area contributed by atoms with Gasteiger partial charge in [-0.1, -0.05) is 30.3 Å². The molecule has 4 aromatic carbocycles. The zero-order valence-corrected chi connectivity index (χ0v) is 19.0. The molecule has 0 saturated heterocycles. The minimum Gasteiger partial charge on any atom is -0.504 e. The highest BCUT2D eigenvalue weighted by molar-refractivity contribution is 5.55. The second-order valence-corrected chi connectivity index (χ2v) is 8.39. The summed E-state index contributed by atoms with van der Waals surface area (Å²) in [6.07, 6.45) is 2.90. The molecule has 2 N–H and O–H groups in total. The molecule has 6 bridgehead atoms. The van der Waals surface area contributed by atoms with E-state index in [1.165, 1.54) is 0 Å². The molecule has 2 heterocycles. The van der Waals surface area contributed by atoms with E-state index in [1.807, 2.05) is 54.6 Å².